The van der Waals surface area contributed by atoms with Gasteiger partial charge in [-0.25, -0.2) is 0 Å². The van der Waals surface area contributed by atoms with E-state index in [1.54, 1.807) is 20.1 Å². The van der Waals surface area contributed by atoms with Gasteiger partial charge in [-0.15, -0.1) is 0 Å². The zero-order valence-corrected chi connectivity index (χ0v) is 10.9. The minimum absolute atomic E-state index is 0.194. The van der Waals surface area contributed by atoms with Gasteiger partial charge in [0.2, 0.25) is 0 Å². The summed E-state index contributed by atoms with van der Waals surface area (Å²) in [6.07, 6.45) is -0.771. The number of rotatable bonds is 5. The molecule has 0 aliphatic carbocycles. The molecule has 0 amide bonds. The van der Waals surface area contributed by atoms with Gasteiger partial charge in [-0.2, -0.15) is 0 Å². The number of methoxy groups -OCH3 is 1. The second-order valence-corrected chi connectivity index (χ2v) is 4.38. The lowest BCUT2D eigenvalue weighted by Crippen LogP contribution is -2.12. The molecule has 1 aromatic rings. The highest BCUT2D eigenvalue weighted by molar-refractivity contribution is 5.84. The van der Waals surface area contributed by atoms with Crippen molar-refractivity contribution in [2.24, 2.45) is 0 Å². The maximum atomic E-state index is 11.5. The number of hydrogen-bond donors (Lipinski definition) is 1. The first kappa shape index (κ1) is 13.7. The molecule has 0 aliphatic rings. The molecule has 1 aromatic carbocycles. The Labute approximate surface area is 102 Å². The van der Waals surface area contributed by atoms with Crippen LogP contribution in [0.15, 0.2) is 18.2 Å². The molecular formula is C14H20O3. The summed E-state index contributed by atoms with van der Waals surface area (Å²) in [5, 5.41) is 9.90. The van der Waals surface area contributed by atoms with Gasteiger partial charge in [0.05, 0.1) is 7.11 Å². The van der Waals surface area contributed by atoms with Crippen LogP contribution >= 0.6 is 0 Å². The van der Waals surface area contributed by atoms with Crippen molar-refractivity contribution in [3.63, 3.8) is 0 Å². The average molecular weight is 236 g/mol. The Balaban J connectivity index is 3.12. The summed E-state index contributed by atoms with van der Waals surface area (Å²) in [5.74, 6) is 0.767. The van der Waals surface area contributed by atoms with E-state index in [2.05, 4.69) is 13.8 Å². The fraction of sp³-hybridized carbons (Fsp3) is 0.500. The zero-order valence-electron chi connectivity index (χ0n) is 10.9. The minimum Gasteiger partial charge on any atom is -0.496 e. The second-order valence-electron chi connectivity index (χ2n) is 4.38. The molecule has 3 heteroatoms. The number of hydrogen-bond acceptors (Lipinski definition) is 3. The number of ketones is 1. The molecule has 17 heavy (non-hydrogen) atoms. The van der Waals surface area contributed by atoms with Crippen LogP contribution in [-0.2, 0) is 4.79 Å². The highest BCUT2D eigenvalue weighted by atomic mass is 16.5. The van der Waals surface area contributed by atoms with Crippen molar-refractivity contribution >= 4 is 5.78 Å². The van der Waals surface area contributed by atoms with Gasteiger partial charge in [0, 0.05) is 12.0 Å². The van der Waals surface area contributed by atoms with Crippen LogP contribution in [0.4, 0.5) is 0 Å². The molecule has 1 N–H and O–H groups in total. The van der Waals surface area contributed by atoms with Crippen molar-refractivity contribution in [1.29, 1.82) is 0 Å². The van der Waals surface area contributed by atoms with E-state index in [0.717, 1.165) is 5.56 Å². The van der Waals surface area contributed by atoms with Crippen molar-refractivity contribution in [3.8, 4) is 5.75 Å². The number of Topliss-reactive ketones (excluding diaryl/α,β-unsaturated/α-hetero) is 1. The van der Waals surface area contributed by atoms with Crippen molar-refractivity contribution < 1.29 is 14.6 Å². The molecule has 1 rings (SSSR count). The number of aliphatic hydroxyl groups is 1. The minimum atomic E-state index is -1.09. The Hall–Kier alpha value is -1.35. The zero-order chi connectivity index (χ0) is 13.0. The quantitative estimate of drug-likeness (QED) is 0.855. The van der Waals surface area contributed by atoms with Crippen molar-refractivity contribution in [3.05, 3.63) is 29.3 Å². The smallest absolute Gasteiger partial charge is 0.165 e. The van der Waals surface area contributed by atoms with Crippen molar-refractivity contribution in [2.45, 2.75) is 39.2 Å². The molecule has 0 heterocycles. The largest absolute Gasteiger partial charge is 0.496 e. The van der Waals surface area contributed by atoms with E-state index in [1.165, 1.54) is 0 Å². The van der Waals surface area contributed by atoms with Crippen molar-refractivity contribution in [1.82, 2.24) is 0 Å². The summed E-state index contributed by atoms with van der Waals surface area (Å²) in [6.45, 7) is 5.91. The van der Waals surface area contributed by atoms with Crippen LogP contribution < -0.4 is 4.74 Å². The lowest BCUT2D eigenvalue weighted by Gasteiger charge is -2.15. The van der Waals surface area contributed by atoms with Gasteiger partial charge in [0.15, 0.2) is 5.78 Å². The summed E-state index contributed by atoms with van der Waals surface area (Å²) in [4.78, 5) is 11.5. The van der Waals surface area contributed by atoms with E-state index >= 15 is 0 Å². The van der Waals surface area contributed by atoms with Crippen LogP contribution in [0.1, 0.15) is 50.3 Å². The first-order valence-corrected chi connectivity index (χ1v) is 5.89. The summed E-state index contributed by atoms with van der Waals surface area (Å²) in [7, 11) is 1.55. The Morgan fingerprint density at radius 3 is 2.53 bits per heavy atom. The molecule has 0 aromatic heterocycles. The normalized spacial score (nSPS) is 12.6. The van der Waals surface area contributed by atoms with Gasteiger partial charge in [-0.05, 0) is 17.5 Å². The molecule has 0 saturated carbocycles. The summed E-state index contributed by atoms with van der Waals surface area (Å²) in [5.41, 5.74) is 1.67. The molecule has 1 unspecified atom stereocenters. The first-order valence-electron chi connectivity index (χ1n) is 5.89. The number of ether oxygens (including phenoxy) is 1. The standard InChI is InChI=1S/C14H20O3/c1-5-12(15)14(16)11-7-6-10(9(2)3)8-13(11)17-4/h6-9,14,16H,5H2,1-4H3. The molecule has 1 atom stereocenters. The SMILES string of the molecule is CCC(=O)C(O)c1ccc(C(C)C)cc1OC. The van der Waals surface area contributed by atoms with Gasteiger partial charge in [-0.3, -0.25) is 4.79 Å². The van der Waals surface area contributed by atoms with Crippen LogP contribution in [0.2, 0.25) is 0 Å². The Kier molecular flexibility index (Phi) is 4.70. The van der Waals surface area contributed by atoms with Gasteiger partial charge >= 0.3 is 0 Å². The lowest BCUT2D eigenvalue weighted by atomic mass is 9.97. The number of carbonyl (C=O) groups is 1. The third-order valence-electron chi connectivity index (χ3n) is 2.87. The van der Waals surface area contributed by atoms with E-state index in [9.17, 15) is 9.90 Å². The molecule has 94 valence electrons. The van der Waals surface area contributed by atoms with Crippen LogP contribution in [0.5, 0.6) is 5.75 Å². The predicted molar refractivity (Wildman–Crippen MR) is 67.3 cm³/mol. The maximum absolute atomic E-state index is 11.5. The van der Waals surface area contributed by atoms with Gasteiger partial charge < -0.3 is 9.84 Å². The fourth-order valence-electron chi connectivity index (χ4n) is 1.68. The third kappa shape index (κ3) is 3.07. The van der Waals surface area contributed by atoms with Crippen LogP contribution in [-0.4, -0.2) is 18.0 Å². The summed E-state index contributed by atoms with van der Waals surface area (Å²) >= 11 is 0. The molecule has 0 aliphatic heterocycles. The van der Waals surface area contributed by atoms with Crippen LogP contribution in [0.25, 0.3) is 0 Å². The van der Waals surface area contributed by atoms with Gasteiger partial charge in [0.1, 0.15) is 11.9 Å². The molecule has 3 nitrogen and oxygen atoms in total. The van der Waals surface area contributed by atoms with Crippen LogP contribution in [0, 0.1) is 0 Å². The first-order chi connectivity index (χ1) is 8.01. The highest BCUT2D eigenvalue weighted by Crippen LogP contribution is 2.30. The molecule has 0 bridgehead atoms. The number of benzene rings is 1. The topological polar surface area (TPSA) is 46.5 Å². The molecule has 0 fully saturated rings. The van der Waals surface area contributed by atoms with E-state index in [1.807, 2.05) is 12.1 Å². The Morgan fingerprint density at radius 2 is 2.06 bits per heavy atom. The average Bonchev–Trinajstić information content (AvgIpc) is 2.35. The molecule has 0 saturated heterocycles. The molecular weight excluding hydrogens is 216 g/mol. The van der Waals surface area contributed by atoms with E-state index in [-0.39, 0.29) is 5.78 Å². The van der Waals surface area contributed by atoms with E-state index < -0.39 is 6.10 Å². The monoisotopic (exact) mass is 236 g/mol. The van der Waals surface area contributed by atoms with E-state index in [0.29, 0.717) is 23.7 Å². The summed E-state index contributed by atoms with van der Waals surface area (Å²) in [6, 6.07) is 5.58. The maximum Gasteiger partial charge on any atom is 0.165 e. The van der Waals surface area contributed by atoms with Crippen LogP contribution in [0.3, 0.4) is 0 Å². The van der Waals surface area contributed by atoms with Gasteiger partial charge in [-0.1, -0.05) is 32.9 Å². The Morgan fingerprint density at radius 1 is 1.41 bits per heavy atom. The van der Waals surface area contributed by atoms with E-state index in [4.69, 9.17) is 4.74 Å². The number of aliphatic hydroxyl groups excluding tert-OH is 1. The highest BCUT2D eigenvalue weighted by Gasteiger charge is 2.20. The summed E-state index contributed by atoms with van der Waals surface area (Å²) < 4.78 is 5.24. The fourth-order valence-corrected chi connectivity index (χ4v) is 1.68. The third-order valence-corrected chi connectivity index (χ3v) is 2.87. The Bertz CT molecular complexity index is 396. The second kappa shape index (κ2) is 5.82. The van der Waals surface area contributed by atoms with Crippen molar-refractivity contribution in [2.75, 3.05) is 7.11 Å². The number of carbonyl (C=O) groups excluding carboxylic acids is 1. The van der Waals surface area contributed by atoms with Gasteiger partial charge in [0.25, 0.3) is 0 Å². The lowest BCUT2D eigenvalue weighted by molar-refractivity contribution is -0.127. The molecule has 0 radical (unpaired) electrons. The molecule has 0 spiro atoms. The predicted octanol–water partition coefficient (Wildman–Crippen LogP) is 2.83.